The van der Waals surface area contributed by atoms with Gasteiger partial charge in [-0.2, -0.15) is 0 Å². The number of hydrogen-bond donors (Lipinski definition) is 7. The number of methoxy groups -OCH3 is 1. The molecule has 0 aliphatic carbocycles. The van der Waals surface area contributed by atoms with E-state index in [1.165, 1.54) is 26.5 Å². The number of carbonyl (C=O) groups is 2. The Hall–Kier alpha value is -3.09. The summed E-state index contributed by atoms with van der Waals surface area (Å²) in [7, 11) is 2.68. The second kappa shape index (κ2) is 17.2. The molecule has 0 aromatic carbocycles. The van der Waals surface area contributed by atoms with Crippen molar-refractivity contribution in [1.29, 1.82) is 0 Å². The van der Waals surface area contributed by atoms with Crippen molar-refractivity contribution in [3.05, 3.63) is 36.6 Å². The molecule has 3 rings (SSSR count). The normalized spacial score (nSPS) is 37.0. The van der Waals surface area contributed by atoms with Gasteiger partial charge in [-0.15, -0.1) is 6.58 Å². The number of likely N-dealkylation sites (tertiary alicyclic amines) is 1. The maximum absolute atomic E-state index is 12.9. The summed E-state index contributed by atoms with van der Waals surface area (Å²) >= 11 is 0. The lowest BCUT2D eigenvalue weighted by Crippen LogP contribution is -3.16. The number of aliphatic carboxylic acids is 1. The third-order valence-corrected chi connectivity index (χ3v) is 8.45. The molecule has 3 heterocycles. The summed E-state index contributed by atoms with van der Waals surface area (Å²) in [4.78, 5) is 29.8. The number of piperidine rings is 1. The van der Waals surface area contributed by atoms with Crippen LogP contribution < -0.4 is 21.1 Å². The van der Waals surface area contributed by atoms with Crippen molar-refractivity contribution in [3.63, 3.8) is 0 Å². The SMILES string of the molecule is C=C[C@H]1[C@@H](O[C@@H]2O[C@H](CO)[C@@H](O)[C@H](O)[C@@H]2OC(C)C)OC=C(C(=O)OC)[C@H]1C=CC1C[NH+](CCO)CC(C(=O)[O-])C1NC(N)=NC. The summed E-state index contributed by atoms with van der Waals surface area (Å²) in [5, 5.41) is 55.7. The minimum atomic E-state index is -1.46. The first-order chi connectivity index (χ1) is 21.9. The smallest absolute Gasteiger partial charge is 0.337 e. The maximum atomic E-state index is 12.9. The standard InChI is InChI=1S/C30H48N4O12/c1-6-17-18(8-7-16-11-34(9-10-35)12-19(26(39)40)22(16)33-30(31)32-4)20(27(41)42-5)14-43-28(17)46-29-25(44-15(2)3)24(38)23(37)21(13-36)45-29/h6-8,14-19,21-25,28-29,35-38H,1,9-13H2,2-5H3,(H,39,40)(H3,31,32,33)/t16?,17-,18+,19?,21-,22?,23-,24+,25+,28-,29+/m1/s1. The molecule has 3 aliphatic heterocycles. The third kappa shape index (κ3) is 8.83. The van der Waals surface area contributed by atoms with E-state index in [-0.39, 0.29) is 24.7 Å². The van der Waals surface area contributed by atoms with Gasteiger partial charge >= 0.3 is 5.97 Å². The topological polar surface area (TPSA) is 239 Å². The van der Waals surface area contributed by atoms with Gasteiger partial charge in [0.05, 0.1) is 75.2 Å². The van der Waals surface area contributed by atoms with Gasteiger partial charge < -0.3 is 70.0 Å². The molecule has 0 bridgehead atoms. The number of allylic oxidation sites excluding steroid dienone is 1. The molecule has 0 aromatic rings. The summed E-state index contributed by atoms with van der Waals surface area (Å²) in [6, 6.07) is -0.722. The molecular formula is C30H48N4O12. The van der Waals surface area contributed by atoms with Gasteiger partial charge in [0.2, 0.25) is 6.29 Å². The van der Waals surface area contributed by atoms with Gasteiger partial charge in [0.25, 0.3) is 0 Å². The van der Waals surface area contributed by atoms with Gasteiger partial charge in [-0.05, 0) is 13.8 Å². The number of aliphatic imine (C=N–C) groups is 1. The maximum Gasteiger partial charge on any atom is 0.337 e. The van der Waals surface area contributed by atoms with Gasteiger partial charge in [0.1, 0.15) is 31.0 Å². The number of guanidine groups is 1. The number of aliphatic hydroxyl groups excluding tert-OH is 4. The number of aliphatic hydroxyl groups is 4. The molecule has 3 aliphatic rings. The zero-order chi connectivity index (χ0) is 34.1. The van der Waals surface area contributed by atoms with E-state index < -0.39 is 91.4 Å². The first kappa shape index (κ1) is 37.4. The van der Waals surface area contributed by atoms with E-state index in [1.807, 2.05) is 0 Å². The highest BCUT2D eigenvalue weighted by Crippen LogP contribution is 2.37. The highest BCUT2D eigenvalue weighted by molar-refractivity contribution is 5.89. The van der Waals surface area contributed by atoms with Crippen LogP contribution in [0.5, 0.6) is 0 Å². The van der Waals surface area contributed by atoms with Crippen LogP contribution in [0.3, 0.4) is 0 Å². The Morgan fingerprint density at radius 3 is 2.52 bits per heavy atom. The molecule has 2 fully saturated rings. The number of nitrogens with zero attached hydrogens (tertiary/aromatic N) is 1. The first-order valence-electron chi connectivity index (χ1n) is 15.2. The summed E-state index contributed by atoms with van der Waals surface area (Å²) in [6.07, 6.45) is -1.92. The van der Waals surface area contributed by atoms with Crippen LogP contribution in [0.2, 0.25) is 0 Å². The van der Waals surface area contributed by atoms with Gasteiger partial charge in [-0.1, -0.05) is 18.2 Å². The van der Waals surface area contributed by atoms with Crippen molar-refractivity contribution in [2.24, 2.45) is 34.4 Å². The van der Waals surface area contributed by atoms with Crippen LogP contribution in [-0.2, 0) is 33.3 Å². The second-order valence-electron chi connectivity index (χ2n) is 11.8. The number of carbonyl (C=O) groups excluding carboxylic acids is 2. The number of rotatable bonds is 13. The fourth-order valence-electron chi connectivity index (χ4n) is 6.12. The predicted molar refractivity (Wildman–Crippen MR) is 159 cm³/mol. The monoisotopic (exact) mass is 656 g/mol. The van der Waals surface area contributed by atoms with Crippen LogP contribution in [-0.4, -0.2) is 134 Å². The van der Waals surface area contributed by atoms with Crippen LogP contribution in [0.1, 0.15) is 13.8 Å². The zero-order valence-corrected chi connectivity index (χ0v) is 26.6. The van der Waals surface area contributed by atoms with Crippen LogP contribution in [0, 0.1) is 23.7 Å². The highest BCUT2D eigenvalue weighted by atomic mass is 16.8. The Labute approximate surface area is 268 Å². The molecule has 2 saturated heterocycles. The zero-order valence-electron chi connectivity index (χ0n) is 26.6. The molecule has 0 radical (unpaired) electrons. The fourth-order valence-corrected chi connectivity index (χ4v) is 6.12. The van der Waals surface area contributed by atoms with Gasteiger partial charge in [-0.25, -0.2) is 4.79 Å². The second-order valence-corrected chi connectivity index (χ2v) is 11.8. The van der Waals surface area contributed by atoms with Crippen LogP contribution in [0.15, 0.2) is 41.6 Å². The van der Waals surface area contributed by atoms with Crippen LogP contribution in [0.25, 0.3) is 0 Å². The summed E-state index contributed by atoms with van der Waals surface area (Å²) in [5.74, 6) is -4.91. The summed E-state index contributed by atoms with van der Waals surface area (Å²) < 4.78 is 28.6. The Bertz CT molecular complexity index is 1130. The molecule has 0 spiro atoms. The van der Waals surface area contributed by atoms with E-state index in [1.54, 1.807) is 26.0 Å². The van der Waals surface area contributed by atoms with E-state index in [0.717, 1.165) is 4.90 Å². The van der Waals surface area contributed by atoms with Gasteiger partial charge in [-0.3, -0.25) is 4.99 Å². The molecule has 12 atom stereocenters. The van der Waals surface area contributed by atoms with E-state index in [0.29, 0.717) is 13.1 Å². The Morgan fingerprint density at radius 1 is 1.24 bits per heavy atom. The van der Waals surface area contributed by atoms with Crippen molar-refractivity contribution in [2.75, 3.05) is 47.0 Å². The fraction of sp³-hybridized carbons (Fsp3) is 0.700. The van der Waals surface area contributed by atoms with E-state index >= 15 is 0 Å². The van der Waals surface area contributed by atoms with Crippen LogP contribution >= 0.6 is 0 Å². The highest BCUT2D eigenvalue weighted by Gasteiger charge is 2.49. The number of carboxylic acid groups (broad SMARTS) is 1. The molecule has 4 unspecified atom stereocenters. The van der Waals surface area contributed by atoms with Crippen molar-refractivity contribution < 1.29 is 63.7 Å². The van der Waals surface area contributed by atoms with Crippen molar-refractivity contribution in [2.45, 2.75) is 63.0 Å². The van der Waals surface area contributed by atoms with E-state index in [2.05, 4.69) is 16.9 Å². The Kier molecular flexibility index (Phi) is 14.0. The number of ether oxygens (including phenoxy) is 5. The lowest BCUT2D eigenvalue weighted by atomic mass is 9.79. The molecule has 0 saturated carbocycles. The molecule has 8 N–H and O–H groups in total. The third-order valence-electron chi connectivity index (χ3n) is 8.45. The number of quaternary nitrogens is 1. The number of hydrogen-bond acceptors (Lipinski definition) is 13. The lowest BCUT2D eigenvalue weighted by Gasteiger charge is -2.44. The number of esters is 1. The molecule has 16 nitrogen and oxygen atoms in total. The average Bonchev–Trinajstić information content (AvgIpc) is 3.03. The summed E-state index contributed by atoms with van der Waals surface area (Å²) in [6.45, 7) is 7.54. The van der Waals surface area contributed by atoms with Crippen LogP contribution in [0.4, 0.5) is 0 Å². The Morgan fingerprint density at radius 2 is 1.96 bits per heavy atom. The number of nitrogens with two attached hydrogens (primary N) is 1. The average molecular weight is 657 g/mol. The van der Waals surface area contributed by atoms with Gasteiger partial charge in [0, 0.05) is 18.9 Å². The first-order valence-corrected chi connectivity index (χ1v) is 15.2. The molecule has 0 amide bonds. The molecular weight excluding hydrogens is 608 g/mol. The molecule has 260 valence electrons. The molecule has 16 heteroatoms. The van der Waals surface area contributed by atoms with Crippen molar-refractivity contribution in [1.82, 2.24) is 5.32 Å². The molecule has 0 aromatic heterocycles. The minimum absolute atomic E-state index is 0.0399. The number of carboxylic acids is 1. The minimum Gasteiger partial charge on any atom is -0.550 e. The number of nitrogens with one attached hydrogen (secondary N) is 2. The summed E-state index contributed by atoms with van der Waals surface area (Å²) in [5.41, 5.74) is 6.06. The predicted octanol–water partition coefficient (Wildman–Crippen LogP) is -4.60. The lowest BCUT2D eigenvalue weighted by molar-refractivity contribution is -0.911. The molecule has 46 heavy (non-hydrogen) atoms. The van der Waals surface area contributed by atoms with E-state index in [9.17, 15) is 35.1 Å². The van der Waals surface area contributed by atoms with Crippen molar-refractivity contribution >= 4 is 17.9 Å². The van der Waals surface area contributed by atoms with Crippen molar-refractivity contribution in [3.8, 4) is 0 Å². The quantitative estimate of drug-likeness (QED) is 0.0428. The van der Waals surface area contributed by atoms with Gasteiger partial charge in [0.15, 0.2) is 12.2 Å². The largest absolute Gasteiger partial charge is 0.550 e. The van der Waals surface area contributed by atoms with E-state index in [4.69, 9.17) is 29.4 Å². The Balaban J connectivity index is 1.98.